The van der Waals surface area contributed by atoms with Crippen LogP contribution in [0.3, 0.4) is 0 Å². The summed E-state index contributed by atoms with van der Waals surface area (Å²) in [5.41, 5.74) is 3.03. The van der Waals surface area contributed by atoms with Crippen LogP contribution in [0.25, 0.3) is 10.9 Å². The normalized spacial score (nSPS) is 13.2. The van der Waals surface area contributed by atoms with E-state index in [1.165, 1.54) is 52.0 Å². The predicted molar refractivity (Wildman–Crippen MR) is 104 cm³/mol. The van der Waals surface area contributed by atoms with E-state index in [2.05, 4.69) is 60.2 Å². The predicted octanol–water partition coefficient (Wildman–Crippen LogP) is 6.35. The minimum atomic E-state index is 0.166. The van der Waals surface area contributed by atoms with Crippen LogP contribution in [0, 0.1) is 0 Å². The first kappa shape index (κ1) is 18.5. The second kappa shape index (κ2) is 6.58. The van der Waals surface area contributed by atoms with Crippen LogP contribution in [-0.4, -0.2) is 9.78 Å². The molecule has 0 N–H and O–H groups in total. The van der Waals surface area contributed by atoms with Gasteiger partial charge < -0.3 is 0 Å². The maximum atomic E-state index is 4.92. The van der Waals surface area contributed by atoms with E-state index in [1.807, 2.05) is 11.3 Å². The fourth-order valence-corrected chi connectivity index (χ4v) is 4.67. The lowest BCUT2D eigenvalue weighted by molar-refractivity contribution is 0.599. The maximum Gasteiger partial charge on any atom is 0.0829 e. The van der Waals surface area contributed by atoms with Gasteiger partial charge in [-0.3, -0.25) is 4.68 Å². The number of aryl methyl sites for hydroxylation is 2. The molecule has 0 bridgehead atoms. The molecular weight excluding hydrogens is 300 g/mol. The highest BCUT2D eigenvalue weighted by atomic mass is 32.1. The quantitative estimate of drug-likeness (QED) is 0.582. The molecule has 0 spiro atoms. The van der Waals surface area contributed by atoms with Crippen molar-refractivity contribution in [3.63, 3.8) is 0 Å². The van der Waals surface area contributed by atoms with Gasteiger partial charge >= 0.3 is 0 Å². The van der Waals surface area contributed by atoms with Crippen LogP contribution in [0.1, 0.15) is 89.6 Å². The van der Waals surface area contributed by atoms with Gasteiger partial charge in [0.2, 0.25) is 0 Å². The molecule has 23 heavy (non-hydrogen) atoms. The first-order chi connectivity index (χ1) is 10.6. The fourth-order valence-electron chi connectivity index (χ4n) is 3.21. The molecule has 0 aliphatic heterocycles. The Bertz CT molecular complexity index is 662. The number of thiophene rings is 1. The van der Waals surface area contributed by atoms with Crippen molar-refractivity contribution in [3.05, 3.63) is 15.4 Å². The van der Waals surface area contributed by atoms with Crippen molar-refractivity contribution in [1.29, 1.82) is 0 Å². The molecule has 2 heterocycles. The Morgan fingerprint density at radius 3 is 2.04 bits per heavy atom. The highest BCUT2D eigenvalue weighted by Gasteiger charge is 2.31. The Kier molecular flexibility index (Phi) is 5.30. The molecule has 0 aliphatic rings. The van der Waals surface area contributed by atoms with Crippen molar-refractivity contribution < 1.29 is 0 Å². The van der Waals surface area contributed by atoms with Crippen LogP contribution in [0.15, 0.2) is 0 Å². The Morgan fingerprint density at radius 2 is 1.52 bits per heavy atom. The van der Waals surface area contributed by atoms with Crippen LogP contribution < -0.4 is 0 Å². The highest BCUT2D eigenvalue weighted by molar-refractivity contribution is 7.14. The zero-order valence-corrected chi connectivity index (χ0v) is 17.2. The molecule has 0 atom stereocenters. The van der Waals surface area contributed by atoms with Gasteiger partial charge in [0.05, 0.1) is 11.2 Å². The van der Waals surface area contributed by atoms with Gasteiger partial charge in [-0.1, -0.05) is 67.7 Å². The summed E-state index contributed by atoms with van der Waals surface area (Å²) in [7, 11) is 2.12. The number of hydrogen-bond acceptors (Lipinski definition) is 2. The van der Waals surface area contributed by atoms with Crippen molar-refractivity contribution in [2.45, 2.75) is 91.4 Å². The van der Waals surface area contributed by atoms with Crippen molar-refractivity contribution in [2.24, 2.45) is 7.05 Å². The van der Waals surface area contributed by atoms with Crippen LogP contribution in [-0.2, 0) is 24.3 Å². The Morgan fingerprint density at radius 1 is 0.913 bits per heavy atom. The standard InChI is InChI=1S/C20H34N2S/c1-9-10-11-12-13-14-15-16(22(8)21-14)18(20(5,6)7)23-17(15)19(2,3)4/h9-13H2,1-8H3. The molecule has 0 aliphatic carbocycles. The molecule has 0 fully saturated rings. The van der Waals surface area contributed by atoms with Gasteiger partial charge in [0, 0.05) is 22.2 Å². The van der Waals surface area contributed by atoms with E-state index < -0.39 is 0 Å². The summed E-state index contributed by atoms with van der Waals surface area (Å²) in [5, 5.41) is 6.37. The van der Waals surface area contributed by atoms with E-state index in [4.69, 9.17) is 5.10 Å². The number of aromatic nitrogens is 2. The van der Waals surface area contributed by atoms with Crippen molar-refractivity contribution in [2.75, 3.05) is 0 Å². The average molecular weight is 335 g/mol. The fraction of sp³-hybridized carbons (Fsp3) is 0.750. The molecule has 0 saturated heterocycles. The van der Waals surface area contributed by atoms with Gasteiger partial charge in [-0.15, -0.1) is 11.3 Å². The van der Waals surface area contributed by atoms with E-state index in [1.54, 1.807) is 0 Å². The summed E-state index contributed by atoms with van der Waals surface area (Å²) in [6, 6.07) is 0. The minimum Gasteiger partial charge on any atom is -0.266 e. The number of hydrogen-bond donors (Lipinski definition) is 0. The summed E-state index contributed by atoms with van der Waals surface area (Å²) in [5.74, 6) is 0. The summed E-state index contributed by atoms with van der Waals surface area (Å²) >= 11 is 2.00. The third-order valence-corrected chi connectivity index (χ3v) is 6.43. The van der Waals surface area contributed by atoms with Crippen LogP contribution in [0.2, 0.25) is 0 Å². The molecule has 2 nitrogen and oxygen atoms in total. The minimum absolute atomic E-state index is 0.166. The third-order valence-electron chi connectivity index (χ3n) is 4.40. The summed E-state index contributed by atoms with van der Waals surface area (Å²) in [6.45, 7) is 16.2. The smallest absolute Gasteiger partial charge is 0.0829 e. The zero-order chi connectivity index (χ0) is 17.4. The van der Waals surface area contributed by atoms with E-state index in [0.717, 1.165) is 6.42 Å². The lowest BCUT2D eigenvalue weighted by atomic mass is 9.89. The summed E-state index contributed by atoms with van der Waals surface area (Å²) in [4.78, 5) is 2.99. The van der Waals surface area contributed by atoms with Gasteiger partial charge in [0.15, 0.2) is 0 Å². The van der Waals surface area contributed by atoms with E-state index in [9.17, 15) is 0 Å². The maximum absolute atomic E-state index is 4.92. The summed E-state index contributed by atoms with van der Waals surface area (Å²) in [6.07, 6.45) is 6.30. The van der Waals surface area contributed by atoms with Gasteiger partial charge in [0.25, 0.3) is 0 Å². The zero-order valence-electron chi connectivity index (χ0n) is 16.3. The molecular formula is C20H34N2S. The second-order valence-corrected chi connectivity index (χ2v) is 9.89. The first-order valence-electron chi connectivity index (χ1n) is 9.06. The molecule has 2 aromatic rings. The second-order valence-electron chi connectivity index (χ2n) is 8.86. The molecule has 0 saturated carbocycles. The molecule has 2 rings (SSSR count). The van der Waals surface area contributed by atoms with E-state index in [0.29, 0.717) is 0 Å². The van der Waals surface area contributed by atoms with Crippen molar-refractivity contribution >= 4 is 22.2 Å². The number of rotatable bonds is 5. The largest absolute Gasteiger partial charge is 0.266 e. The number of fused-ring (bicyclic) bond motifs is 1. The molecule has 0 unspecified atom stereocenters. The van der Waals surface area contributed by atoms with Gasteiger partial charge in [0.1, 0.15) is 0 Å². The number of unbranched alkanes of at least 4 members (excludes halogenated alkanes) is 3. The Hall–Kier alpha value is -0.830. The lowest BCUT2D eigenvalue weighted by Gasteiger charge is -2.19. The van der Waals surface area contributed by atoms with Crippen molar-refractivity contribution in [3.8, 4) is 0 Å². The topological polar surface area (TPSA) is 17.8 Å². The average Bonchev–Trinajstić information content (AvgIpc) is 2.93. The first-order valence-corrected chi connectivity index (χ1v) is 9.88. The van der Waals surface area contributed by atoms with Gasteiger partial charge in [-0.25, -0.2) is 0 Å². The van der Waals surface area contributed by atoms with E-state index in [-0.39, 0.29) is 10.8 Å². The van der Waals surface area contributed by atoms with Crippen LogP contribution >= 0.6 is 11.3 Å². The molecule has 0 radical (unpaired) electrons. The number of nitrogens with zero attached hydrogens (tertiary/aromatic N) is 2. The Labute approximate surface area is 146 Å². The monoisotopic (exact) mass is 334 g/mol. The third kappa shape index (κ3) is 3.81. The molecule has 3 heteroatoms. The van der Waals surface area contributed by atoms with Gasteiger partial charge in [-0.05, 0) is 23.7 Å². The van der Waals surface area contributed by atoms with Gasteiger partial charge in [-0.2, -0.15) is 5.10 Å². The molecule has 0 aromatic carbocycles. The van der Waals surface area contributed by atoms with Crippen LogP contribution in [0.4, 0.5) is 0 Å². The lowest BCUT2D eigenvalue weighted by Crippen LogP contribution is -2.11. The van der Waals surface area contributed by atoms with Crippen molar-refractivity contribution in [1.82, 2.24) is 9.78 Å². The SMILES string of the molecule is CCCCCCc1nn(C)c2c(C(C)(C)C)sc(C(C)(C)C)c12. The summed E-state index contributed by atoms with van der Waals surface area (Å²) < 4.78 is 2.14. The van der Waals surface area contributed by atoms with E-state index >= 15 is 0 Å². The molecule has 2 aromatic heterocycles. The van der Waals surface area contributed by atoms with Crippen LogP contribution in [0.5, 0.6) is 0 Å². The molecule has 130 valence electrons. The molecule has 0 amide bonds. The Balaban J connectivity index is 2.55. The highest BCUT2D eigenvalue weighted by Crippen LogP contribution is 2.45.